The first-order valence-electron chi connectivity index (χ1n) is 7.74. The van der Waals surface area contributed by atoms with Crippen molar-refractivity contribution in [3.05, 3.63) is 35.4 Å². The second kappa shape index (κ2) is 6.75. The maximum Gasteiger partial charge on any atom is 0.410 e. The van der Waals surface area contributed by atoms with E-state index in [2.05, 4.69) is 0 Å². The summed E-state index contributed by atoms with van der Waals surface area (Å²) in [6, 6.07) is 3.05. The summed E-state index contributed by atoms with van der Waals surface area (Å²) in [6.45, 7) is 5.41. The van der Waals surface area contributed by atoms with Crippen molar-refractivity contribution in [1.82, 2.24) is 4.90 Å². The molecular formula is C17H21F2NO4. The molecule has 0 aliphatic carbocycles. The van der Waals surface area contributed by atoms with Crippen LogP contribution in [0.4, 0.5) is 13.6 Å². The Morgan fingerprint density at radius 2 is 1.96 bits per heavy atom. The number of amides is 1. The minimum absolute atomic E-state index is 0.00837. The Balaban J connectivity index is 2.27. The third-order valence-electron chi connectivity index (χ3n) is 3.94. The molecule has 1 amide bonds. The highest BCUT2D eigenvalue weighted by Crippen LogP contribution is 2.35. The molecule has 132 valence electrons. The van der Waals surface area contributed by atoms with Crippen LogP contribution < -0.4 is 0 Å². The molecule has 1 aliphatic rings. The zero-order chi connectivity index (χ0) is 18.1. The van der Waals surface area contributed by atoms with Gasteiger partial charge in [-0.2, -0.15) is 0 Å². The van der Waals surface area contributed by atoms with Crippen LogP contribution in [0.1, 0.15) is 38.7 Å². The second-order valence-electron chi connectivity index (χ2n) is 6.93. The Morgan fingerprint density at radius 3 is 2.50 bits per heavy atom. The molecule has 2 unspecified atom stereocenters. The van der Waals surface area contributed by atoms with Crippen LogP contribution in [-0.4, -0.2) is 40.8 Å². The molecule has 0 spiro atoms. The van der Waals surface area contributed by atoms with Gasteiger partial charge in [0.15, 0.2) is 0 Å². The highest BCUT2D eigenvalue weighted by atomic mass is 19.1. The van der Waals surface area contributed by atoms with E-state index in [1.807, 2.05) is 0 Å². The number of carbonyl (C=O) groups is 2. The number of rotatable bonds is 2. The lowest BCUT2D eigenvalue weighted by molar-refractivity contribution is -0.144. The summed E-state index contributed by atoms with van der Waals surface area (Å²) in [7, 11) is 0. The van der Waals surface area contributed by atoms with Gasteiger partial charge >= 0.3 is 12.1 Å². The molecule has 1 aliphatic heterocycles. The summed E-state index contributed by atoms with van der Waals surface area (Å²) in [4.78, 5) is 25.1. The number of likely N-dealkylation sites (tertiary alicyclic amines) is 1. The van der Waals surface area contributed by atoms with Gasteiger partial charge in [-0.15, -0.1) is 0 Å². The Labute approximate surface area is 139 Å². The summed E-state index contributed by atoms with van der Waals surface area (Å²) in [5.41, 5.74) is -0.589. The van der Waals surface area contributed by atoms with Crippen LogP contribution in [0.2, 0.25) is 0 Å². The van der Waals surface area contributed by atoms with Gasteiger partial charge in [-0.3, -0.25) is 4.79 Å². The zero-order valence-electron chi connectivity index (χ0n) is 13.9. The number of benzene rings is 1. The van der Waals surface area contributed by atoms with Crippen molar-refractivity contribution in [1.29, 1.82) is 0 Å². The number of nitrogens with zero attached hydrogens (tertiary/aromatic N) is 1. The lowest BCUT2D eigenvalue weighted by Crippen LogP contribution is -2.46. The van der Waals surface area contributed by atoms with Gasteiger partial charge in [-0.05, 0) is 38.8 Å². The Bertz CT molecular complexity index is 642. The van der Waals surface area contributed by atoms with Gasteiger partial charge in [-0.1, -0.05) is 6.07 Å². The molecule has 0 bridgehead atoms. The van der Waals surface area contributed by atoms with E-state index < -0.39 is 41.1 Å². The fourth-order valence-corrected chi connectivity index (χ4v) is 2.86. The number of aliphatic carboxylic acids is 1. The largest absolute Gasteiger partial charge is 0.481 e. The van der Waals surface area contributed by atoms with E-state index in [0.717, 1.165) is 12.1 Å². The third-order valence-corrected chi connectivity index (χ3v) is 3.94. The molecule has 1 aromatic carbocycles. The molecule has 24 heavy (non-hydrogen) atoms. The third kappa shape index (κ3) is 4.21. The van der Waals surface area contributed by atoms with Gasteiger partial charge < -0.3 is 14.7 Å². The summed E-state index contributed by atoms with van der Waals surface area (Å²) in [5, 5.41) is 9.40. The molecule has 0 radical (unpaired) electrons. The highest BCUT2D eigenvalue weighted by Gasteiger charge is 2.39. The number of piperidine rings is 1. The van der Waals surface area contributed by atoms with Crippen LogP contribution in [-0.2, 0) is 9.53 Å². The first kappa shape index (κ1) is 18.2. The van der Waals surface area contributed by atoms with E-state index in [-0.39, 0.29) is 25.1 Å². The maximum atomic E-state index is 14.1. The number of hydrogen-bond acceptors (Lipinski definition) is 3. The van der Waals surface area contributed by atoms with E-state index in [9.17, 15) is 23.5 Å². The summed E-state index contributed by atoms with van der Waals surface area (Å²) >= 11 is 0. The van der Waals surface area contributed by atoms with E-state index in [1.54, 1.807) is 20.8 Å². The molecule has 2 rings (SSSR count). The predicted octanol–water partition coefficient (Wildman–Crippen LogP) is 3.39. The number of ether oxygens (including phenoxy) is 1. The average Bonchev–Trinajstić information content (AvgIpc) is 2.44. The molecule has 1 heterocycles. The lowest BCUT2D eigenvalue weighted by atomic mass is 9.80. The van der Waals surface area contributed by atoms with Crippen molar-refractivity contribution in [2.45, 2.75) is 38.7 Å². The van der Waals surface area contributed by atoms with Gasteiger partial charge in [0.2, 0.25) is 0 Å². The Morgan fingerprint density at radius 1 is 1.29 bits per heavy atom. The summed E-state index contributed by atoms with van der Waals surface area (Å²) < 4.78 is 32.5. The number of halogens is 2. The molecular weight excluding hydrogens is 320 g/mol. The van der Waals surface area contributed by atoms with Crippen molar-refractivity contribution in [3.63, 3.8) is 0 Å². The highest BCUT2D eigenvalue weighted by molar-refractivity contribution is 5.73. The quantitative estimate of drug-likeness (QED) is 0.895. The molecule has 1 fully saturated rings. The number of carboxylic acid groups (broad SMARTS) is 1. The lowest BCUT2D eigenvalue weighted by Gasteiger charge is -2.37. The van der Waals surface area contributed by atoms with Crippen molar-refractivity contribution in [2.75, 3.05) is 13.1 Å². The molecule has 2 atom stereocenters. The van der Waals surface area contributed by atoms with Gasteiger partial charge in [0.1, 0.15) is 17.2 Å². The van der Waals surface area contributed by atoms with Gasteiger partial charge in [0, 0.05) is 25.1 Å². The number of carbonyl (C=O) groups excluding carboxylic acids is 1. The molecule has 5 nitrogen and oxygen atoms in total. The van der Waals surface area contributed by atoms with Crippen molar-refractivity contribution in [3.8, 4) is 0 Å². The van der Waals surface area contributed by atoms with Crippen LogP contribution >= 0.6 is 0 Å². The SMILES string of the molecule is CC(C)(C)OC(=O)N1CCC(C(=O)O)C(c2ccc(F)cc2F)C1. The average molecular weight is 341 g/mol. The molecule has 1 N–H and O–H groups in total. The first-order chi connectivity index (χ1) is 11.1. The van der Waals surface area contributed by atoms with Crippen LogP contribution in [0.5, 0.6) is 0 Å². The topological polar surface area (TPSA) is 66.8 Å². The molecule has 0 aromatic heterocycles. The van der Waals surface area contributed by atoms with Crippen molar-refractivity contribution >= 4 is 12.1 Å². The normalized spacial score (nSPS) is 21.5. The molecule has 1 saturated heterocycles. The van der Waals surface area contributed by atoms with Crippen LogP contribution in [0.3, 0.4) is 0 Å². The van der Waals surface area contributed by atoms with E-state index in [0.29, 0.717) is 0 Å². The Kier molecular flexibility index (Phi) is 5.11. The minimum Gasteiger partial charge on any atom is -0.481 e. The predicted molar refractivity (Wildman–Crippen MR) is 82.6 cm³/mol. The van der Waals surface area contributed by atoms with E-state index in [1.165, 1.54) is 11.0 Å². The molecule has 7 heteroatoms. The minimum atomic E-state index is -1.06. The molecule has 0 saturated carbocycles. The fraction of sp³-hybridized carbons (Fsp3) is 0.529. The van der Waals surface area contributed by atoms with Crippen LogP contribution in [0.15, 0.2) is 18.2 Å². The number of hydrogen-bond donors (Lipinski definition) is 1. The van der Waals surface area contributed by atoms with Gasteiger partial charge in [0.05, 0.1) is 5.92 Å². The van der Waals surface area contributed by atoms with Gasteiger partial charge in [0.25, 0.3) is 0 Å². The van der Waals surface area contributed by atoms with Crippen molar-refractivity contribution in [2.24, 2.45) is 5.92 Å². The summed E-state index contributed by atoms with van der Waals surface area (Å²) in [5.74, 6) is -4.21. The van der Waals surface area contributed by atoms with Crippen LogP contribution in [0.25, 0.3) is 0 Å². The maximum absolute atomic E-state index is 14.1. The summed E-state index contributed by atoms with van der Waals surface area (Å²) in [6.07, 6.45) is -0.394. The number of carboxylic acids is 1. The van der Waals surface area contributed by atoms with Crippen LogP contribution in [0, 0.1) is 17.6 Å². The van der Waals surface area contributed by atoms with E-state index >= 15 is 0 Å². The van der Waals surface area contributed by atoms with Gasteiger partial charge in [-0.25, -0.2) is 13.6 Å². The standard InChI is InChI=1S/C17H21F2NO4/c1-17(2,3)24-16(23)20-7-6-12(15(21)22)13(9-20)11-5-4-10(18)8-14(11)19/h4-5,8,12-13H,6-7,9H2,1-3H3,(H,21,22). The monoisotopic (exact) mass is 341 g/mol. The smallest absolute Gasteiger partial charge is 0.410 e. The molecule has 1 aromatic rings. The Hall–Kier alpha value is -2.18. The first-order valence-corrected chi connectivity index (χ1v) is 7.74. The second-order valence-corrected chi connectivity index (χ2v) is 6.93. The van der Waals surface area contributed by atoms with E-state index in [4.69, 9.17) is 4.74 Å². The fourth-order valence-electron chi connectivity index (χ4n) is 2.86. The zero-order valence-corrected chi connectivity index (χ0v) is 13.9. The van der Waals surface area contributed by atoms with Crippen molar-refractivity contribution < 1.29 is 28.2 Å².